The van der Waals surface area contributed by atoms with E-state index in [1.165, 1.54) is 6.20 Å². The molecule has 0 unspecified atom stereocenters. The Kier molecular flexibility index (Phi) is 5.01. The fourth-order valence-electron chi connectivity index (χ4n) is 2.26. The highest BCUT2D eigenvalue weighted by Crippen LogP contribution is 2.23. The molecule has 7 nitrogen and oxygen atoms in total. The van der Waals surface area contributed by atoms with E-state index in [9.17, 15) is 9.90 Å². The maximum atomic E-state index is 12.4. The minimum atomic E-state index is -1.01. The first-order valence-electron chi connectivity index (χ1n) is 7.96. The number of nitrogens with zero attached hydrogens (tertiary/aromatic N) is 4. The smallest absolute Gasteiger partial charge is 0.271 e. The fourth-order valence-corrected chi connectivity index (χ4v) is 2.38. The van der Waals surface area contributed by atoms with Crippen LogP contribution in [0.1, 0.15) is 24.3 Å². The number of pyridine rings is 2. The van der Waals surface area contributed by atoms with Crippen molar-refractivity contribution < 1.29 is 9.90 Å². The van der Waals surface area contributed by atoms with E-state index < -0.39 is 5.60 Å². The zero-order valence-corrected chi connectivity index (χ0v) is 15.1. The van der Waals surface area contributed by atoms with Gasteiger partial charge < -0.3 is 10.4 Å². The van der Waals surface area contributed by atoms with Crippen molar-refractivity contribution in [3.63, 3.8) is 0 Å². The molecule has 2 N–H and O–H groups in total. The average Bonchev–Trinajstić information content (AvgIpc) is 3.06. The number of hydrogen-bond donors (Lipinski definition) is 2. The highest BCUT2D eigenvalue weighted by atomic mass is 35.5. The SMILES string of the molecule is CC(C)(O)CNC(=O)c1cc(-c2ccc(Cl)cn2)n(-c2cccnc2)n1. The zero-order valence-electron chi connectivity index (χ0n) is 14.3. The van der Waals surface area contributed by atoms with Crippen LogP contribution in [-0.4, -0.2) is 42.9 Å². The van der Waals surface area contributed by atoms with Crippen LogP contribution < -0.4 is 5.32 Å². The standard InChI is InChI=1S/C18H18ClN5O2/c1-18(2,26)11-22-17(25)15-8-16(14-6-5-12(19)9-21-14)24(23-15)13-4-3-7-20-10-13/h3-10,26H,11H2,1-2H3,(H,22,25). The molecule has 0 saturated carbocycles. The van der Waals surface area contributed by atoms with E-state index in [1.807, 2.05) is 6.07 Å². The summed E-state index contributed by atoms with van der Waals surface area (Å²) in [6.45, 7) is 3.34. The van der Waals surface area contributed by atoms with Crippen molar-refractivity contribution in [1.82, 2.24) is 25.1 Å². The summed E-state index contributed by atoms with van der Waals surface area (Å²) >= 11 is 5.91. The van der Waals surface area contributed by atoms with Gasteiger partial charge in [0.1, 0.15) is 0 Å². The molecule has 0 aliphatic heterocycles. The first kappa shape index (κ1) is 18.0. The molecule has 0 atom stereocenters. The van der Waals surface area contributed by atoms with Crippen LogP contribution >= 0.6 is 11.6 Å². The summed E-state index contributed by atoms with van der Waals surface area (Å²) in [6.07, 6.45) is 4.83. The Hall–Kier alpha value is -2.77. The molecule has 0 saturated heterocycles. The van der Waals surface area contributed by atoms with E-state index in [-0.39, 0.29) is 18.1 Å². The second-order valence-corrected chi connectivity index (χ2v) is 6.83. The highest BCUT2D eigenvalue weighted by Gasteiger charge is 2.20. The van der Waals surface area contributed by atoms with Crippen LogP contribution in [0.15, 0.2) is 48.9 Å². The molecule has 0 bridgehead atoms. The minimum absolute atomic E-state index is 0.111. The molecule has 0 fully saturated rings. The molecule has 3 aromatic heterocycles. The van der Waals surface area contributed by atoms with Crippen molar-refractivity contribution in [3.8, 4) is 17.1 Å². The van der Waals surface area contributed by atoms with Crippen LogP contribution in [0.25, 0.3) is 17.1 Å². The molecule has 26 heavy (non-hydrogen) atoms. The predicted molar refractivity (Wildman–Crippen MR) is 98.2 cm³/mol. The predicted octanol–water partition coefficient (Wildman–Crippen LogP) is 2.48. The Morgan fingerprint density at radius 2 is 2.12 bits per heavy atom. The molecule has 0 spiro atoms. The van der Waals surface area contributed by atoms with E-state index in [1.54, 1.807) is 55.2 Å². The van der Waals surface area contributed by atoms with Gasteiger partial charge in [0.25, 0.3) is 5.91 Å². The quantitative estimate of drug-likeness (QED) is 0.718. The number of carbonyl (C=O) groups is 1. The number of aliphatic hydroxyl groups is 1. The van der Waals surface area contributed by atoms with Gasteiger partial charge in [-0.3, -0.25) is 14.8 Å². The van der Waals surface area contributed by atoms with Gasteiger partial charge >= 0.3 is 0 Å². The van der Waals surface area contributed by atoms with Crippen molar-refractivity contribution in [2.45, 2.75) is 19.4 Å². The molecular formula is C18H18ClN5O2. The number of carbonyl (C=O) groups excluding carboxylic acids is 1. The third-order valence-corrected chi connectivity index (χ3v) is 3.73. The molecule has 0 aromatic carbocycles. The summed E-state index contributed by atoms with van der Waals surface area (Å²) in [6, 6.07) is 8.73. The normalized spacial score (nSPS) is 11.4. The van der Waals surface area contributed by atoms with E-state index in [0.717, 1.165) is 0 Å². The average molecular weight is 372 g/mol. The summed E-state index contributed by atoms with van der Waals surface area (Å²) < 4.78 is 1.60. The van der Waals surface area contributed by atoms with Crippen molar-refractivity contribution in [3.05, 3.63) is 59.6 Å². The molecule has 0 aliphatic rings. The van der Waals surface area contributed by atoms with Crippen molar-refractivity contribution in [2.75, 3.05) is 6.54 Å². The molecule has 0 radical (unpaired) electrons. The van der Waals surface area contributed by atoms with E-state index in [4.69, 9.17) is 11.6 Å². The van der Waals surface area contributed by atoms with Gasteiger partial charge in [0.05, 0.1) is 33.9 Å². The molecule has 3 aromatic rings. The Labute approximate surface area is 155 Å². The first-order chi connectivity index (χ1) is 12.3. The van der Waals surface area contributed by atoms with Crippen LogP contribution in [-0.2, 0) is 0 Å². The summed E-state index contributed by atoms with van der Waals surface area (Å²) in [4.78, 5) is 20.8. The van der Waals surface area contributed by atoms with E-state index >= 15 is 0 Å². The first-order valence-corrected chi connectivity index (χ1v) is 8.34. The number of rotatable bonds is 5. The molecule has 0 aliphatic carbocycles. The van der Waals surface area contributed by atoms with Gasteiger partial charge in [0, 0.05) is 18.9 Å². The van der Waals surface area contributed by atoms with Crippen LogP contribution in [0.5, 0.6) is 0 Å². The zero-order chi connectivity index (χ0) is 18.7. The summed E-state index contributed by atoms with van der Waals surface area (Å²) in [5, 5.41) is 17.4. The number of nitrogens with one attached hydrogen (secondary N) is 1. The molecule has 1 amide bonds. The van der Waals surface area contributed by atoms with Crippen molar-refractivity contribution >= 4 is 17.5 Å². The summed E-state index contributed by atoms with van der Waals surface area (Å²) in [7, 11) is 0. The lowest BCUT2D eigenvalue weighted by Crippen LogP contribution is -2.38. The van der Waals surface area contributed by atoms with Gasteiger partial charge in [-0.25, -0.2) is 4.68 Å². The van der Waals surface area contributed by atoms with Crippen LogP contribution in [0.2, 0.25) is 5.02 Å². The van der Waals surface area contributed by atoms with Crippen LogP contribution in [0, 0.1) is 0 Å². The van der Waals surface area contributed by atoms with Gasteiger partial charge in [-0.2, -0.15) is 5.10 Å². The van der Waals surface area contributed by atoms with Crippen LogP contribution in [0.4, 0.5) is 0 Å². The highest BCUT2D eigenvalue weighted by molar-refractivity contribution is 6.30. The third-order valence-electron chi connectivity index (χ3n) is 3.50. The second-order valence-electron chi connectivity index (χ2n) is 6.39. The van der Waals surface area contributed by atoms with Gasteiger partial charge in [-0.15, -0.1) is 0 Å². The van der Waals surface area contributed by atoms with Crippen molar-refractivity contribution in [2.24, 2.45) is 0 Å². The van der Waals surface area contributed by atoms with E-state index in [0.29, 0.717) is 22.1 Å². The third kappa shape index (κ3) is 4.25. The minimum Gasteiger partial charge on any atom is -0.389 e. The van der Waals surface area contributed by atoms with Gasteiger partial charge in [0.15, 0.2) is 5.69 Å². The van der Waals surface area contributed by atoms with Gasteiger partial charge in [-0.1, -0.05) is 11.6 Å². The lowest BCUT2D eigenvalue weighted by Gasteiger charge is -2.16. The Morgan fingerprint density at radius 1 is 1.31 bits per heavy atom. The number of hydrogen-bond acceptors (Lipinski definition) is 5. The van der Waals surface area contributed by atoms with Gasteiger partial charge in [-0.05, 0) is 44.2 Å². The Bertz CT molecular complexity index is 902. The molecule has 8 heteroatoms. The summed E-state index contributed by atoms with van der Waals surface area (Å²) in [5.41, 5.74) is 1.14. The van der Waals surface area contributed by atoms with Crippen LogP contribution in [0.3, 0.4) is 0 Å². The maximum absolute atomic E-state index is 12.4. The molecular weight excluding hydrogens is 354 g/mol. The topological polar surface area (TPSA) is 92.9 Å². The lowest BCUT2D eigenvalue weighted by molar-refractivity contribution is 0.0691. The lowest BCUT2D eigenvalue weighted by atomic mass is 10.1. The van der Waals surface area contributed by atoms with Gasteiger partial charge in [0.2, 0.25) is 0 Å². The van der Waals surface area contributed by atoms with Crippen molar-refractivity contribution in [1.29, 1.82) is 0 Å². The largest absolute Gasteiger partial charge is 0.389 e. The fraction of sp³-hybridized carbons (Fsp3) is 0.222. The second kappa shape index (κ2) is 7.23. The number of amides is 1. The Balaban J connectivity index is 2.00. The summed E-state index contributed by atoms with van der Waals surface area (Å²) in [5.74, 6) is -0.384. The number of halogens is 1. The molecule has 3 heterocycles. The number of aromatic nitrogens is 4. The monoisotopic (exact) mass is 371 g/mol. The molecule has 3 rings (SSSR count). The molecule has 134 valence electrons. The van der Waals surface area contributed by atoms with E-state index in [2.05, 4.69) is 20.4 Å². The maximum Gasteiger partial charge on any atom is 0.271 e. The Morgan fingerprint density at radius 3 is 2.73 bits per heavy atom.